The molecule has 1 heterocycles. The Morgan fingerprint density at radius 3 is 2.48 bits per heavy atom. The molecule has 1 aliphatic carbocycles. The van der Waals surface area contributed by atoms with Crippen molar-refractivity contribution in [2.75, 3.05) is 39.8 Å². The van der Waals surface area contributed by atoms with Gasteiger partial charge in [-0.3, -0.25) is 4.79 Å². The molecule has 27 heavy (non-hydrogen) atoms. The topological polar surface area (TPSA) is 53.0 Å². The summed E-state index contributed by atoms with van der Waals surface area (Å²) in [6.45, 7) is 5.60. The number of nitrogens with zero attached hydrogens (tertiary/aromatic N) is 2. The van der Waals surface area contributed by atoms with Crippen LogP contribution in [-0.2, 0) is 11.3 Å². The number of rotatable bonds is 5. The van der Waals surface area contributed by atoms with Crippen molar-refractivity contribution in [3.05, 3.63) is 34.9 Å². The molecule has 1 aromatic rings. The summed E-state index contributed by atoms with van der Waals surface area (Å²) >= 11 is 6.08. The predicted octanol–water partition coefficient (Wildman–Crippen LogP) is 0.308. The molecule has 0 unspecified atom stereocenters. The largest absolute Gasteiger partial charge is 0.322 e. The molecule has 1 saturated heterocycles. The average Bonchev–Trinajstić information content (AvgIpc) is 2.69. The third kappa shape index (κ3) is 5.01. The Kier molecular flexibility index (Phi) is 6.75. The predicted molar refractivity (Wildman–Crippen MR) is 106 cm³/mol. The van der Waals surface area contributed by atoms with E-state index >= 15 is 0 Å². The zero-order valence-corrected chi connectivity index (χ0v) is 17.0. The maximum atomic E-state index is 12.8. The molecule has 6 heteroatoms. The monoisotopic (exact) mass is 390 g/mol. The van der Waals surface area contributed by atoms with E-state index in [1.807, 2.05) is 25.2 Å². The SMILES string of the molecule is CN(C(=O)C[NH+]1CC[NH+](Cc2cccc(Cl)c2)CC1)C1(C#N)CCCCC1. The first-order valence-corrected chi connectivity index (χ1v) is 10.5. The first kappa shape index (κ1) is 20.1. The molecule has 0 bridgehead atoms. The summed E-state index contributed by atoms with van der Waals surface area (Å²) in [6, 6.07) is 10.5. The molecule has 2 N–H and O–H groups in total. The lowest BCUT2D eigenvalue weighted by Crippen LogP contribution is -3.28. The van der Waals surface area contributed by atoms with Crippen molar-refractivity contribution in [1.29, 1.82) is 5.26 Å². The number of amides is 1. The smallest absolute Gasteiger partial charge is 0.278 e. The fourth-order valence-electron chi connectivity index (χ4n) is 4.48. The van der Waals surface area contributed by atoms with E-state index in [0.29, 0.717) is 6.54 Å². The van der Waals surface area contributed by atoms with E-state index < -0.39 is 5.54 Å². The van der Waals surface area contributed by atoms with Crippen molar-refractivity contribution in [2.24, 2.45) is 0 Å². The zero-order valence-electron chi connectivity index (χ0n) is 16.3. The molecule has 5 nitrogen and oxygen atoms in total. The van der Waals surface area contributed by atoms with Crippen molar-refractivity contribution in [3.8, 4) is 6.07 Å². The van der Waals surface area contributed by atoms with E-state index in [4.69, 9.17) is 11.6 Å². The van der Waals surface area contributed by atoms with Gasteiger partial charge in [0.1, 0.15) is 38.3 Å². The number of benzene rings is 1. The number of carbonyl (C=O) groups is 1. The summed E-state index contributed by atoms with van der Waals surface area (Å²) in [5.74, 6) is 0.117. The molecule has 0 aromatic heterocycles. The van der Waals surface area contributed by atoms with Gasteiger partial charge in [0.05, 0.1) is 6.07 Å². The van der Waals surface area contributed by atoms with E-state index in [1.54, 1.807) is 9.80 Å². The number of quaternary nitrogens is 2. The number of hydrogen-bond acceptors (Lipinski definition) is 2. The number of carbonyl (C=O) groups excluding carboxylic acids is 1. The lowest BCUT2D eigenvalue weighted by molar-refractivity contribution is -1.02. The van der Waals surface area contributed by atoms with Crippen molar-refractivity contribution >= 4 is 17.5 Å². The van der Waals surface area contributed by atoms with Crippen LogP contribution >= 0.6 is 11.6 Å². The minimum atomic E-state index is -0.575. The van der Waals surface area contributed by atoms with Crippen LogP contribution < -0.4 is 9.80 Å². The van der Waals surface area contributed by atoms with Gasteiger partial charge in [-0.25, -0.2) is 0 Å². The number of nitriles is 1. The summed E-state index contributed by atoms with van der Waals surface area (Å²) in [7, 11) is 1.83. The Hall–Kier alpha value is -1.61. The van der Waals surface area contributed by atoms with Gasteiger partial charge in [-0.15, -0.1) is 0 Å². The summed E-state index contributed by atoms with van der Waals surface area (Å²) in [5.41, 5.74) is 0.694. The van der Waals surface area contributed by atoms with Crippen LogP contribution in [0.5, 0.6) is 0 Å². The van der Waals surface area contributed by atoms with Crippen molar-refractivity contribution in [3.63, 3.8) is 0 Å². The Morgan fingerprint density at radius 1 is 1.19 bits per heavy atom. The van der Waals surface area contributed by atoms with Gasteiger partial charge < -0.3 is 14.7 Å². The zero-order chi connectivity index (χ0) is 19.3. The molecule has 1 amide bonds. The van der Waals surface area contributed by atoms with Gasteiger partial charge in [-0.1, -0.05) is 43.0 Å². The number of hydrogen-bond donors (Lipinski definition) is 2. The molecule has 3 rings (SSSR count). The highest BCUT2D eigenvalue weighted by molar-refractivity contribution is 6.30. The summed E-state index contributed by atoms with van der Waals surface area (Å²) in [4.78, 5) is 17.5. The van der Waals surface area contributed by atoms with Crippen LogP contribution in [0.25, 0.3) is 0 Å². The van der Waals surface area contributed by atoms with E-state index in [2.05, 4.69) is 12.1 Å². The fraction of sp³-hybridized carbons (Fsp3) is 0.619. The van der Waals surface area contributed by atoms with E-state index in [-0.39, 0.29) is 5.91 Å². The van der Waals surface area contributed by atoms with Gasteiger partial charge in [-0.2, -0.15) is 5.26 Å². The molecule has 1 saturated carbocycles. The number of halogens is 1. The Morgan fingerprint density at radius 2 is 1.85 bits per heavy atom. The molecule has 1 aromatic carbocycles. The number of likely N-dealkylation sites (N-methyl/N-ethyl adjacent to an activating group) is 1. The van der Waals surface area contributed by atoms with Crippen LogP contribution in [0.3, 0.4) is 0 Å². The summed E-state index contributed by atoms with van der Waals surface area (Å²) < 4.78 is 0. The molecule has 146 valence electrons. The van der Waals surface area contributed by atoms with Gasteiger partial charge in [0, 0.05) is 17.6 Å². The Labute approximate surface area is 167 Å². The normalized spacial score (nSPS) is 24.8. The van der Waals surface area contributed by atoms with Crippen LogP contribution in [-0.4, -0.2) is 56.1 Å². The van der Waals surface area contributed by atoms with Gasteiger partial charge in [0.15, 0.2) is 6.54 Å². The van der Waals surface area contributed by atoms with E-state index in [0.717, 1.165) is 63.4 Å². The number of piperazine rings is 1. The standard InChI is InChI=1S/C21H29ClN4O/c1-24(21(17-23)8-3-2-4-9-21)20(27)16-26-12-10-25(11-13-26)15-18-6-5-7-19(22)14-18/h5-7,14H,2-4,8-13,15-16H2,1H3/p+2. The van der Waals surface area contributed by atoms with E-state index in [1.165, 1.54) is 16.9 Å². The first-order valence-electron chi connectivity index (χ1n) is 10.1. The minimum absolute atomic E-state index is 0.117. The second-order valence-corrected chi connectivity index (χ2v) is 8.58. The Balaban J connectivity index is 1.48. The second-order valence-electron chi connectivity index (χ2n) is 8.14. The summed E-state index contributed by atoms with van der Waals surface area (Å²) in [5, 5.41) is 10.5. The molecule has 2 aliphatic rings. The van der Waals surface area contributed by atoms with Crippen LogP contribution in [0.15, 0.2) is 24.3 Å². The molecule has 1 aliphatic heterocycles. The highest BCUT2D eigenvalue weighted by Gasteiger charge is 2.40. The molecule has 0 radical (unpaired) electrons. The third-order valence-electron chi connectivity index (χ3n) is 6.31. The van der Waals surface area contributed by atoms with Crippen molar-refractivity contribution < 1.29 is 14.6 Å². The maximum absolute atomic E-state index is 12.8. The average molecular weight is 391 g/mol. The third-order valence-corrected chi connectivity index (χ3v) is 6.55. The fourth-order valence-corrected chi connectivity index (χ4v) is 4.69. The van der Waals surface area contributed by atoms with Gasteiger partial charge >= 0.3 is 0 Å². The van der Waals surface area contributed by atoms with Crippen LogP contribution in [0.1, 0.15) is 37.7 Å². The minimum Gasteiger partial charge on any atom is -0.322 e. The quantitative estimate of drug-likeness (QED) is 0.760. The maximum Gasteiger partial charge on any atom is 0.278 e. The van der Waals surface area contributed by atoms with Crippen LogP contribution in [0.4, 0.5) is 0 Å². The lowest BCUT2D eigenvalue weighted by atomic mass is 9.81. The molecule has 2 fully saturated rings. The van der Waals surface area contributed by atoms with Gasteiger partial charge in [-0.05, 0) is 25.0 Å². The lowest BCUT2D eigenvalue weighted by Gasteiger charge is -2.39. The van der Waals surface area contributed by atoms with Crippen molar-refractivity contribution in [1.82, 2.24) is 4.90 Å². The highest BCUT2D eigenvalue weighted by atomic mass is 35.5. The van der Waals surface area contributed by atoms with Gasteiger partial charge in [0.25, 0.3) is 5.91 Å². The number of nitrogens with one attached hydrogen (secondary N) is 2. The summed E-state index contributed by atoms with van der Waals surface area (Å²) in [6.07, 6.45) is 4.90. The second kappa shape index (κ2) is 9.05. The van der Waals surface area contributed by atoms with E-state index in [9.17, 15) is 10.1 Å². The van der Waals surface area contributed by atoms with Gasteiger partial charge in [0.2, 0.25) is 0 Å². The molecule has 0 atom stereocenters. The van der Waals surface area contributed by atoms with Crippen LogP contribution in [0, 0.1) is 11.3 Å². The molecular weight excluding hydrogens is 360 g/mol. The van der Waals surface area contributed by atoms with Crippen molar-refractivity contribution in [2.45, 2.75) is 44.2 Å². The first-order chi connectivity index (χ1) is 13.0. The molecule has 0 spiro atoms. The highest BCUT2D eigenvalue weighted by Crippen LogP contribution is 2.32. The molecular formula is C21H31ClN4O+2. The van der Waals surface area contributed by atoms with Crippen LogP contribution in [0.2, 0.25) is 5.02 Å². The Bertz CT molecular complexity index is 688.